The molecule has 0 spiro atoms. The minimum absolute atomic E-state index is 0.151. The zero-order chi connectivity index (χ0) is 15.6. The van der Waals surface area contributed by atoms with Gasteiger partial charge in [-0.15, -0.1) is 0 Å². The maximum atomic E-state index is 12.0. The third-order valence-electron chi connectivity index (χ3n) is 3.43. The van der Waals surface area contributed by atoms with Crippen LogP contribution < -0.4 is 5.32 Å². The van der Waals surface area contributed by atoms with Gasteiger partial charge in [-0.2, -0.15) is 0 Å². The topological polar surface area (TPSA) is 47.6 Å². The molecule has 0 aromatic heterocycles. The van der Waals surface area contributed by atoms with Gasteiger partial charge in [0.25, 0.3) is 0 Å². The zero-order valence-electron chi connectivity index (χ0n) is 13.5. The predicted molar refractivity (Wildman–Crippen MR) is 82.3 cm³/mol. The minimum atomic E-state index is -0.500. The molecule has 4 nitrogen and oxygen atoms in total. The second-order valence-electron chi connectivity index (χ2n) is 6.79. The fraction of sp³-hybridized carbons (Fsp3) is 0.588. The summed E-state index contributed by atoms with van der Waals surface area (Å²) in [6, 6.07) is 6.08. The molecule has 2 rings (SSSR count). The molecule has 1 N–H and O–H groups in total. The molecule has 0 aliphatic carbocycles. The van der Waals surface area contributed by atoms with E-state index in [4.69, 9.17) is 9.47 Å². The molecule has 0 saturated heterocycles. The number of amides is 1. The summed E-state index contributed by atoms with van der Waals surface area (Å²) in [7, 11) is 0. The Morgan fingerprint density at radius 3 is 2.71 bits per heavy atom. The van der Waals surface area contributed by atoms with Gasteiger partial charge in [-0.25, -0.2) is 4.79 Å². The summed E-state index contributed by atoms with van der Waals surface area (Å²) in [5.74, 6) is 0.404. The molecule has 1 amide bonds. The number of ether oxygens (including phenoxy) is 2. The summed E-state index contributed by atoms with van der Waals surface area (Å²) in [6.45, 7) is 11.0. The number of hydrogen-bond donors (Lipinski definition) is 1. The number of alkyl carbamates (subject to hydrolysis) is 1. The molecule has 1 heterocycles. The molecule has 1 aromatic carbocycles. The van der Waals surface area contributed by atoms with Gasteiger partial charge in [0.2, 0.25) is 0 Å². The average Bonchev–Trinajstić information content (AvgIpc) is 2.35. The van der Waals surface area contributed by atoms with Gasteiger partial charge in [0, 0.05) is 0 Å². The molecular weight excluding hydrogens is 266 g/mol. The van der Waals surface area contributed by atoms with Crippen LogP contribution in [0.15, 0.2) is 18.2 Å². The van der Waals surface area contributed by atoms with E-state index in [9.17, 15) is 4.79 Å². The van der Waals surface area contributed by atoms with E-state index in [2.05, 4.69) is 31.3 Å². The van der Waals surface area contributed by atoms with Gasteiger partial charge in [0.05, 0.1) is 19.3 Å². The van der Waals surface area contributed by atoms with E-state index in [0.717, 1.165) is 5.56 Å². The number of benzene rings is 1. The highest BCUT2D eigenvalue weighted by atomic mass is 16.6. The Morgan fingerprint density at radius 2 is 2.10 bits per heavy atom. The maximum Gasteiger partial charge on any atom is 0.408 e. The molecule has 1 unspecified atom stereocenters. The first-order chi connectivity index (χ1) is 9.78. The molecule has 116 valence electrons. The van der Waals surface area contributed by atoms with Crippen LogP contribution in [0.4, 0.5) is 4.79 Å². The van der Waals surface area contributed by atoms with Crippen LogP contribution in [0.2, 0.25) is 0 Å². The van der Waals surface area contributed by atoms with Crippen LogP contribution in [0.5, 0.6) is 0 Å². The molecule has 1 aromatic rings. The van der Waals surface area contributed by atoms with Crippen LogP contribution in [-0.2, 0) is 16.1 Å². The molecular formula is C17H25NO3. The second-order valence-corrected chi connectivity index (χ2v) is 6.79. The van der Waals surface area contributed by atoms with E-state index in [-0.39, 0.29) is 6.04 Å². The lowest BCUT2D eigenvalue weighted by Gasteiger charge is -2.30. The van der Waals surface area contributed by atoms with Gasteiger partial charge in [-0.05, 0) is 43.4 Å². The van der Waals surface area contributed by atoms with Gasteiger partial charge in [0.15, 0.2) is 0 Å². The van der Waals surface area contributed by atoms with E-state index >= 15 is 0 Å². The van der Waals surface area contributed by atoms with Crippen LogP contribution in [0.25, 0.3) is 0 Å². The summed E-state index contributed by atoms with van der Waals surface area (Å²) in [4.78, 5) is 12.0. The second kappa shape index (κ2) is 6.06. The Balaban J connectivity index is 2.23. The highest BCUT2D eigenvalue weighted by Crippen LogP contribution is 2.32. The van der Waals surface area contributed by atoms with Crippen LogP contribution >= 0.6 is 0 Å². The summed E-state index contributed by atoms with van der Waals surface area (Å²) in [5, 5.41) is 2.94. The Hall–Kier alpha value is -1.55. The van der Waals surface area contributed by atoms with Crippen molar-refractivity contribution in [3.63, 3.8) is 0 Å². The van der Waals surface area contributed by atoms with Crippen molar-refractivity contribution in [1.29, 1.82) is 0 Å². The van der Waals surface area contributed by atoms with E-state index in [1.165, 1.54) is 11.1 Å². The van der Waals surface area contributed by atoms with Crippen molar-refractivity contribution in [2.45, 2.75) is 58.8 Å². The normalized spacial score (nSPS) is 18.3. The van der Waals surface area contributed by atoms with Crippen LogP contribution in [-0.4, -0.2) is 18.3 Å². The van der Waals surface area contributed by atoms with Crippen molar-refractivity contribution in [1.82, 2.24) is 5.32 Å². The predicted octanol–water partition coefficient (Wildman–Crippen LogP) is 3.91. The van der Waals surface area contributed by atoms with E-state index in [1.807, 2.05) is 26.8 Å². The molecule has 1 aliphatic rings. The first-order valence-electron chi connectivity index (χ1n) is 7.47. The summed E-state index contributed by atoms with van der Waals surface area (Å²) in [6.07, 6.45) is -0.400. The van der Waals surface area contributed by atoms with Crippen molar-refractivity contribution in [3.05, 3.63) is 34.9 Å². The first kappa shape index (κ1) is 15.8. The Bertz CT molecular complexity index is 517. The Morgan fingerprint density at radius 1 is 1.38 bits per heavy atom. The highest BCUT2D eigenvalue weighted by Gasteiger charge is 2.27. The third-order valence-corrected chi connectivity index (χ3v) is 3.43. The van der Waals surface area contributed by atoms with Crippen molar-refractivity contribution in [2.24, 2.45) is 0 Å². The number of carbonyl (C=O) groups is 1. The molecule has 21 heavy (non-hydrogen) atoms. The lowest BCUT2D eigenvalue weighted by Crippen LogP contribution is -2.38. The average molecular weight is 291 g/mol. The van der Waals surface area contributed by atoms with Crippen LogP contribution in [0, 0.1) is 0 Å². The lowest BCUT2D eigenvalue weighted by molar-refractivity contribution is 0.0388. The molecule has 1 atom stereocenters. The third kappa shape index (κ3) is 3.97. The molecule has 0 bridgehead atoms. The number of rotatable bonds is 2. The fourth-order valence-corrected chi connectivity index (χ4v) is 2.62. The largest absolute Gasteiger partial charge is 0.444 e. The van der Waals surface area contributed by atoms with E-state index in [1.54, 1.807) is 0 Å². The van der Waals surface area contributed by atoms with Gasteiger partial charge >= 0.3 is 6.09 Å². The SMILES string of the molecule is CC(C)c1cccc2c1C(NC(=O)OC(C)(C)C)COC2. The smallest absolute Gasteiger partial charge is 0.408 e. The summed E-state index contributed by atoms with van der Waals surface area (Å²) >= 11 is 0. The summed E-state index contributed by atoms with van der Waals surface area (Å²) in [5.41, 5.74) is 3.09. The van der Waals surface area contributed by atoms with Crippen molar-refractivity contribution < 1.29 is 14.3 Å². The Labute approximate surface area is 126 Å². The van der Waals surface area contributed by atoms with Gasteiger partial charge in [0.1, 0.15) is 5.60 Å². The maximum absolute atomic E-state index is 12.0. The zero-order valence-corrected chi connectivity index (χ0v) is 13.5. The highest BCUT2D eigenvalue weighted by molar-refractivity contribution is 5.68. The van der Waals surface area contributed by atoms with Crippen molar-refractivity contribution in [2.75, 3.05) is 6.61 Å². The van der Waals surface area contributed by atoms with Gasteiger partial charge in [-0.1, -0.05) is 32.0 Å². The summed E-state index contributed by atoms with van der Waals surface area (Å²) < 4.78 is 11.0. The Kier molecular flexibility index (Phi) is 4.57. The van der Waals surface area contributed by atoms with Crippen LogP contribution in [0.1, 0.15) is 63.3 Å². The number of fused-ring (bicyclic) bond motifs is 1. The number of carbonyl (C=O) groups excluding carboxylic acids is 1. The molecule has 0 fully saturated rings. The van der Waals surface area contributed by atoms with E-state index < -0.39 is 11.7 Å². The molecule has 1 aliphatic heterocycles. The van der Waals surface area contributed by atoms with Gasteiger partial charge < -0.3 is 14.8 Å². The van der Waals surface area contributed by atoms with Crippen LogP contribution in [0.3, 0.4) is 0 Å². The van der Waals surface area contributed by atoms with Crippen molar-refractivity contribution >= 4 is 6.09 Å². The fourth-order valence-electron chi connectivity index (χ4n) is 2.62. The standard InChI is InChI=1S/C17H25NO3/c1-11(2)13-8-6-7-12-9-20-10-14(15(12)13)18-16(19)21-17(3,4)5/h6-8,11,14H,9-10H2,1-5H3,(H,18,19). The molecule has 0 radical (unpaired) electrons. The molecule has 4 heteroatoms. The monoisotopic (exact) mass is 291 g/mol. The number of nitrogens with one attached hydrogen (secondary N) is 1. The van der Waals surface area contributed by atoms with Crippen molar-refractivity contribution in [3.8, 4) is 0 Å². The minimum Gasteiger partial charge on any atom is -0.444 e. The first-order valence-corrected chi connectivity index (χ1v) is 7.47. The quantitative estimate of drug-likeness (QED) is 0.898. The van der Waals surface area contributed by atoms with E-state index in [0.29, 0.717) is 19.1 Å². The molecule has 0 saturated carbocycles. The van der Waals surface area contributed by atoms with Gasteiger partial charge in [-0.3, -0.25) is 0 Å². The lowest BCUT2D eigenvalue weighted by atomic mass is 9.88. The number of hydrogen-bond acceptors (Lipinski definition) is 3.